The summed E-state index contributed by atoms with van der Waals surface area (Å²) >= 11 is 0. The van der Waals surface area contributed by atoms with E-state index in [1.165, 1.54) is 11.1 Å². The highest BCUT2D eigenvalue weighted by Gasteiger charge is 2.19. The molecule has 0 saturated carbocycles. The Morgan fingerprint density at radius 1 is 1.21 bits per heavy atom. The molecule has 1 heterocycles. The van der Waals surface area contributed by atoms with Crippen molar-refractivity contribution in [3.8, 4) is 6.07 Å². The third-order valence-corrected chi connectivity index (χ3v) is 3.58. The summed E-state index contributed by atoms with van der Waals surface area (Å²) in [6, 6.07) is 15.0. The highest BCUT2D eigenvalue weighted by atomic mass is 14.9. The van der Waals surface area contributed by atoms with E-state index in [9.17, 15) is 0 Å². The Labute approximate surface area is 112 Å². The number of hydrogen-bond acceptors (Lipinski definition) is 3. The highest BCUT2D eigenvalue weighted by Crippen LogP contribution is 2.21. The molecule has 3 nitrogen and oxygen atoms in total. The Balaban J connectivity index is 1.61. The van der Waals surface area contributed by atoms with Crippen LogP contribution in [-0.4, -0.2) is 11.0 Å². The molecule has 0 aliphatic heterocycles. The van der Waals surface area contributed by atoms with Crippen LogP contribution in [0.4, 0.5) is 0 Å². The summed E-state index contributed by atoms with van der Waals surface area (Å²) in [5, 5.41) is 12.4. The summed E-state index contributed by atoms with van der Waals surface area (Å²) in [4.78, 5) is 3.98. The second kappa shape index (κ2) is 5.21. The van der Waals surface area contributed by atoms with Crippen LogP contribution in [0.2, 0.25) is 0 Å². The van der Waals surface area contributed by atoms with Gasteiger partial charge < -0.3 is 5.32 Å². The van der Waals surface area contributed by atoms with Crippen LogP contribution in [0.15, 0.2) is 42.6 Å². The molecule has 1 N–H and O–H groups in total. The van der Waals surface area contributed by atoms with Crippen molar-refractivity contribution in [1.29, 1.82) is 5.26 Å². The molecule has 3 heteroatoms. The number of nitrogens with zero attached hydrogens (tertiary/aromatic N) is 2. The van der Waals surface area contributed by atoms with Gasteiger partial charge in [0.25, 0.3) is 0 Å². The van der Waals surface area contributed by atoms with Gasteiger partial charge in [-0.1, -0.05) is 24.3 Å². The van der Waals surface area contributed by atoms with Crippen LogP contribution in [0.1, 0.15) is 22.4 Å². The van der Waals surface area contributed by atoms with Crippen molar-refractivity contribution in [2.24, 2.45) is 0 Å². The van der Waals surface area contributed by atoms with Crippen molar-refractivity contribution in [3.63, 3.8) is 0 Å². The van der Waals surface area contributed by atoms with Crippen LogP contribution in [0, 0.1) is 11.3 Å². The van der Waals surface area contributed by atoms with E-state index in [1.807, 2.05) is 12.1 Å². The van der Waals surface area contributed by atoms with Crippen molar-refractivity contribution >= 4 is 0 Å². The van der Waals surface area contributed by atoms with E-state index in [2.05, 4.69) is 40.6 Å². The molecule has 0 radical (unpaired) electrons. The molecular weight excluding hydrogens is 234 g/mol. The number of hydrogen-bond donors (Lipinski definition) is 1. The molecule has 0 atom stereocenters. The summed E-state index contributed by atoms with van der Waals surface area (Å²) in [5.74, 6) is 0. The van der Waals surface area contributed by atoms with Gasteiger partial charge in [-0.05, 0) is 41.7 Å². The Morgan fingerprint density at radius 2 is 1.95 bits per heavy atom. The summed E-state index contributed by atoms with van der Waals surface area (Å²) in [6.45, 7) is 0.788. The zero-order valence-corrected chi connectivity index (χ0v) is 10.6. The normalized spacial score (nSPS) is 14.1. The number of pyridine rings is 1. The average Bonchev–Trinajstić information content (AvgIpc) is 2.88. The van der Waals surface area contributed by atoms with E-state index in [-0.39, 0.29) is 0 Å². The van der Waals surface area contributed by atoms with E-state index in [1.54, 1.807) is 6.20 Å². The fraction of sp³-hybridized carbons (Fsp3) is 0.250. The van der Waals surface area contributed by atoms with Crippen LogP contribution in [0.3, 0.4) is 0 Å². The van der Waals surface area contributed by atoms with Crippen molar-refractivity contribution in [3.05, 3.63) is 65.0 Å². The number of rotatable bonds is 3. The molecule has 1 aromatic carbocycles. The molecule has 0 unspecified atom stereocenters. The first-order valence-electron chi connectivity index (χ1n) is 6.50. The molecule has 1 aliphatic rings. The van der Waals surface area contributed by atoms with E-state index in [4.69, 9.17) is 5.26 Å². The molecule has 0 bridgehead atoms. The number of aromatic nitrogens is 1. The quantitative estimate of drug-likeness (QED) is 0.907. The predicted octanol–water partition coefficient (Wildman–Crippen LogP) is 2.21. The van der Waals surface area contributed by atoms with E-state index in [0.29, 0.717) is 11.7 Å². The summed E-state index contributed by atoms with van der Waals surface area (Å²) < 4.78 is 0. The molecule has 1 aromatic heterocycles. The number of nitriles is 1. The minimum Gasteiger partial charge on any atom is -0.309 e. The van der Waals surface area contributed by atoms with Crippen molar-refractivity contribution < 1.29 is 0 Å². The number of benzene rings is 1. The molecule has 0 saturated heterocycles. The van der Waals surface area contributed by atoms with Crippen LogP contribution in [0.5, 0.6) is 0 Å². The Hall–Kier alpha value is -2.18. The highest BCUT2D eigenvalue weighted by molar-refractivity contribution is 5.33. The fourth-order valence-corrected chi connectivity index (χ4v) is 2.61. The lowest BCUT2D eigenvalue weighted by molar-refractivity contribution is 0.532. The maximum atomic E-state index is 8.83. The molecule has 94 valence electrons. The van der Waals surface area contributed by atoms with Crippen molar-refractivity contribution in [2.45, 2.75) is 25.4 Å². The SMILES string of the molecule is N#Cc1cc(CNC2Cc3ccccc3C2)ccn1. The minimum absolute atomic E-state index is 0.481. The average molecular weight is 249 g/mol. The first-order chi connectivity index (χ1) is 9.35. The second-order valence-corrected chi connectivity index (χ2v) is 4.92. The van der Waals surface area contributed by atoms with Gasteiger partial charge in [0.05, 0.1) is 0 Å². The van der Waals surface area contributed by atoms with Gasteiger partial charge in [-0.25, -0.2) is 4.98 Å². The Bertz CT molecular complexity index is 603. The lowest BCUT2D eigenvalue weighted by atomic mass is 10.1. The van der Waals surface area contributed by atoms with Crippen LogP contribution in [0.25, 0.3) is 0 Å². The molecule has 0 fully saturated rings. The molecule has 2 aromatic rings. The molecule has 3 rings (SSSR count). The van der Waals surface area contributed by atoms with Gasteiger partial charge in [-0.15, -0.1) is 0 Å². The van der Waals surface area contributed by atoms with E-state index in [0.717, 1.165) is 24.9 Å². The van der Waals surface area contributed by atoms with Crippen molar-refractivity contribution in [2.75, 3.05) is 0 Å². The summed E-state index contributed by atoms with van der Waals surface area (Å²) in [5.41, 5.74) is 4.50. The first kappa shape index (κ1) is 11.9. The third kappa shape index (κ3) is 2.64. The van der Waals surface area contributed by atoms with Crippen LogP contribution >= 0.6 is 0 Å². The fourth-order valence-electron chi connectivity index (χ4n) is 2.61. The minimum atomic E-state index is 0.481. The lowest BCUT2D eigenvalue weighted by Gasteiger charge is -2.11. The van der Waals surface area contributed by atoms with E-state index >= 15 is 0 Å². The smallest absolute Gasteiger partial charge is 0.140 e. The van der Waals surface area contributed by atoms with Crippen molar-refractivity contribution in [1.82, 2.24) is 10.3 Å². The molecular formula is C16H15N3. The molecule has 0 spiro atoms. The number of nitrogens with one attached hydrogen (secondary N) is 1. The van der Waals surface area contributed by atoms with Gasteiger partial charge in [0.1, 0.15) is 11.8 Å². The van der Waals surface area contributed by atoms with Gasteiger partial charge in [-0.2, -0.15) is 5.26 Å². The largest absolute Gasteiger partial charge is 0.309 e. The Morgan fingerprint density at radius 3 is 2.63 bits per heavy atom. The van der Waals surface area contributed by atoms with E-state index < -0.39 is 0 Å². The third-order valence-electron chi connectivity index (χ3n) is 3.58. The van der Waals surface area contributed by atoms with Gasteiger partial charge in [0.15, 0.2) is 0 Å². The first-order valence-corrected chi connectivity index (χ1v) is 6.50. The maximum Gasteiger partial charge on any atom is 0.140 e. The maximum absolute atomic E-state index is 8.83. The molecule has 1 aliphatic carbocycles. The van der Waals surface area contributed by atoms with Gasteiger partial charge >= 0.3 is 0 Å². The van der Waals surface area contributed by atoms with Gasteiger partial charge in [-0.3, -0.25) is 0 Å². The van der Waals surface area contributed by atoms with Gasteiger partial charge in [0.2, 0.25) is 0 Å². The zero-order valence-electron chi connectivity index (χ0n) is 10.6. The second-order valence-electron chi connectivity index (χ2n) is 4.92. The molecule has 19 heavy (non-hydrogen) atoms. The summed E-state index contributed by atoms with van der Waals surface area (Å²) in [7, 11) is 0. The van der Waals surface area contributed by atoms with Crippen LogP contribution < -0.4 is 5.32 Å². The standard InChI is InChI=1S/C16H15N3/c17-10-16-7-12(5-6-18-16)11-19-15-8-13-3-1-2-4-14(13)9-15/h1-7,15,19H,8-9,11H2. The topological polar surface area (TPSA) is 48.7 Å². The summed E-state index contributed by atoms with van der Waals surface area (Å²) in [6.07, 6.45) is 3.87. The lowest BCUT2D eigenvalue weighted by Crippen LogP contribution is -2.28. The monoisotopic (exact) mass is 249 g/mol. The molecule has 0 amide bonds. The predicted molar refractivity (Wildman–Crippen MR) is 73.4 cm³/mol. The number of fused-ring (bicyclic) bond motifs is 1. The Kier molecular flexibility index (Phi) is 3.26. The zero-order chi connectivity index (χ0) is 13.1. The van der Waals surface area contributed by atoms with Gasteiger partial charge in [0, 0.05) is 18.8 Å². The van der Waals surface area contributed by atoms with Crippen LogP contribution in [-0.2, 0) is 19.4 Å².